The van der Waals surface area contributed by atoms with Crippen LogP contribution in [0.1, 0.15) is 0 Å². The van der Waals surface area contributed by atoms with Gasteiger partial charge in [0.2, 0.25) is 0 Å². The van der Waals surface area contributed by atoms with Crippen LogP contribution in [-0.4, -0.2) is 37.3 Å². The molecule has 6 heteroatoms. The van der Waals surface area contributed by atoms with E-state index in [1.165, 1.54) is 0 Å². The van der Waals surface area contributed by atoms with E-state index in [-0.39, 0.29) is 19.8 Å². The third kappa shape index (κ3) is 216. The summed E-state index contributed by atoms with van der Waals surface area (Å²) in [4.78, 5) is 0. The molecule has 3 radical (unpaired) electrons. The van der Waals surface area contributed by atoms with Crippen LogP contribution in [0.4, 0.5) is 0 Å². The van der Waals surface area contributed by atoms with E-state index in [4.69, 9.17) is 17.5 Å². The first-order valence-electron chi connectivity index (χ1n) is 0.667. The first kappa shape index (κ1) is 9.71. The van der Waals surface area contributed by atoms with E-state index in [2.05, 4.69) is 0 Å². The van der Waals surface area contributed by atoms with Crippen LogP contribution in [0.2, 0.25) is 0 Å². The van der Waals surface area contributed by atoms with Gasteiger partial charge in [0.15, 0.2) is 0 Å². The van der Waals surface area contributed by atoms with Crippen molar-refractivity contribution in [3.63, 3.8) is 0 Å². The fraction of sp³-hybridized carbons (Fsp3) is 0. The van der Waals surface area contributed by atoms with Crippen molar-refractivity contribution in [2.75, 3.05) is 0 Å². The molecular weight excluding hydrogens is 166 g/mol. The predicted molar refractivity (Wildman–Crippen MR) is 16.2 cm³/mol. The Kier molecular flexibility index (Phi) is 4.28. The molecule has 0 aromatic rings. The molecule has 0 bridgehead atoms. The maximum atomic E-state index is 8.52. The predicted octanol–water partition coefficient (Wildman–Crippen LogP) is -1.72. The average Bonchev–Trinajstić information content (AvgIpc) is 0.722. The molecule has 0 aliphatic heterocycles. The van der Waals surface area contributed by atoms with E-state index in [0.29, 0.717) is 0 Å². The fourth-order valence-electron chi connectivity index (χ4n) is 0. The van der Waals surface area contributed by atoms with Crippen LogP contribution in [-0.2, 0) is 10.4 Å². The van der Waals surface area contributed by atoms with Gasteiger partial charge in [0.25, 0.3) is 0 Å². The largest absolute Gasteiger partial charge is 0.759 e. The molecule has 6 heavy (non-hydrogen) atoms. The van der Waals surface area contributed by atoms with E-state index in [0.717, 1.165) is 0 Å². The van der Waals surface area contributed by atoms with Gasteiger partial charge < -0.3 is 9.11 Å². The molecule has 0 N–H and O–H groups in total. The molecule has 0 saturated carbocycles. The second-order valence-electron chi connectivity index (χ2n) is 0.408. The van der Waals surface area contributed by atoms with Gasteiger partial charge in [-0.05, 0) is 0 Å². The van der Waals surface area contributed by atoms with E-state index >= 15 is 0 Å². The van der Waals surface area contributed by atoms with Crippen LogP contribution in [0.25, 0.3) is 0 Å². The van der Waals surface area contributed by atoms with Gasteiger partial charge in [-0.15, -0.1) is 0 Å². The molecule has 0 atom stereocenters. The monoisotopic (exact) mass is 165 g/mol. The maximum Gasteiger partial charge on any atom is 0.0311 e. The van der Waals surface area contributed by atoms with Crippen molar-refractivity contribution in [2.45, 2.75) is 0 Å². The van der Waals surface area contributed by atoms with Crippen molar-refractivity contribution in [3.05, 3.63) is 0 Å². The molecule has 0 heterocycles. The van der Waals surface area contributed by atoms with Gasteiger partial charge in [0.05, 0.1) is 0 Å². The molecule has 0 aliphatic carbocycles. The minimum absolute atomic E-state index is 0. The Balaban J connectivity index is 0. The summed E-state index contributed by atoms with van der Waals surface area (Å²) in [7, 11) is -5.17. The minimum Gasteiger partial charge on any atom is -0.759 e. The van der Waals surface area contributed by atoms with Crippen molar-refractivity contribution >= 4 is 30.2 Å². The molecule has 0 aromatic carbocycles. The molecule has 0 saturated heterocycles. The Labute approximate surface area is 48.2 Å². The van der Waals surface area contributed by atoms with Crippen molar-refractivity contribution in [3.8, 4) is 0 Å². The Bertz CT molecular complexity index is 90.7. The van der Waals surface area contributed by atoms with Crippen molar-refractivity contribution in [1.82, 2.24) is 0 Å². The van der Waals surface area contributed by atoms with Gasteiger partial charge in [0.1, 0.15) is 0 Å². The SMILES string of the molecule is O=S(=O)([O-])[O-].[Ga]. The van der Waals surface area contributed by atoms with Crippen LogP contribution in [0.15, 0.2) is 0 Å². The molecule has 0 rings (SSSR count). The molecule has 0 aliphatic rings. The van der Waals surface area contributed by atoms with E-state index in [1.807, 2.05) is 0 Å². The van der Waals surface area contributed by atoms with E-state index < -0.39 is 10.4 Å². The van der Waals surface area contributed by atoms with Crippen molar-refractivity contribution in [2.24, 2.45) is 0 Å². The smallest absolute Gasteiger partial charge is 0.0311 e. The summed E-state index contributed by atoms with van der Waals surface area (Å²) in [5.74, 6) is 0. The molecule has 0 aromatic heterocycles. The van der Waals surface area contributed by atoms with Crippen LogP contribution in [0.3, 0.4) is 0 Å². The Morgan fingerprint density at radius 3 is 1.17 bits per heavy atom. The van der Waals surface area contributed by atoms with Gasteiger partial charge in [-0.3, -0.25) is 8.42 Å². The number of hydrogen-bond donors (Lipinski definition) is 0. The molecule has 35 valence electrons. The summed E-state index contributed by atoms with van der Waals surface area (Å²) in [5, 5.41) is 0. The van der Waals surface area contributed by atoms with Gasteiger partial charge in [-0.25, -0.2) is 0 Å². The maximum absolute atomic E-state index is 8.52. The van der Waals surface area contributed by atoms with Crippen LogP contribution in [0, 0.1) is 0 Å². The normalized spacial score (nSPS) is 9.67. The molecular formula is GaO4S-2. The van der Waals surface area contributed by atoms with Gasteiger partial charge >= 0.3 is 0 Å². The Hall–Kier alpha value is 0.506. The quantitative estimate of drug-likeness (QED) is 0.243. The van der Waals surface area contributed by atoms with Crippen LogP contribution in [0.5, 0.6) is 0 Å². The summed E-state index contributed by atoms with van der Waals surface area (Å²) < 4.78 is 34.1. The molecule has 0 fully saturated rings. The zero-order valence-electron chi connectivity index (χ0n) is 2.62. The summed E-state index contributed by atoms with van der Waals surface area (Å²) in [5.41, 5.74) is 0. The molecule has 0 amide bonds. The summed E-state index contributed by atoms with van der Waals surface area (Å²) >= 11 is 0. The van der Waals surface area contributed by atoms with E-state index in [1.54, 1.807) is 0 Å². The zero-order valence-corrected chi connectivity index (χ0v) is 5.86. The molecule has 0 unspecified atom stereocenters. The second-order valence-corrected chi connectivity index (χ2v) is 1.22. The fourth-order valence-corrected chi connectivity index (χ4v) is 0. The third-order valence-electron chi connectivity index (χ3n) is 0. The minimum atomic E-state index is -5.17. The first-order valence-corrected chi connectivity index (χ1v) is 2.00. The third-order valence-corrected chi connectivity index (χ3v) is 0. The Morgan fingerprint density at radius 1 is 1.17 bits per heavy atom. The van der Waals surface area contributed by atoms with Crippen molar-refractivity contribution in [1.29, 1.82) is 0 Å². The zero-order chi connectivity index (χ0) is 4.50. The van der Waals surface area contributed by atoms with Crippen LogP contribution < -0.4 is 0 Å². The molecule has 4 nitrogen and oxygen atoms in total. The standard InChI is InChI=1S/Ga.H2O4S/c;1-5(2,3)4/h;(H2,1,2,3,4)/p-2. The molecule has 0 spiro atoms. The number of hydrogen-bond acceptors (Lipinski definition) is 4. The second kappa shape index (κ2) is 2.64. The van der Waals surface area contributed by atoms with Crippen molar-refractivity contribution < 1.29 is 17.5 Å². The topological polar surface area (TPSA) is 80.3 Å². The summed E-state index contributed by atoms with van der Waals surface area (Å²) in [6.07, 6.45) is 0. The van der Waals surface area contributed by atoms with Gasteiger partial charge in [0, 0.05) is 30.2 Å². The van der Waals surface area contributed by atoms with Gasteiger partial charge in [-0.2, -0.15) is 0 Å². The average molecular weight is 166 g/mol. The van der Waals surface area contributed by atoms with E-state index in [9.17, 15) is 0 Å². The summed E-state index contributed by atoms with van der Waals surface area (Å²) in [6, 6.07) is 0. The van der Waals surface area contributed by atoms with Crippen LogP contribution >= 0.6 is 0 Å². The van der Waals surface area contributed by atoms with Gasteiger partial charge in [-0.1, -0.05) is 0 Å². The first-order chi connectivity index (χ1) is 2.00. The summed E-state index contributed by atoms with van der Waals surface area (Å²) in [6.45, 7) is 0. The Morgan fingerprint density at radius 2 is 1.17 bits per heavy atom. The number of rotatable bonds is 0.